The number of Topliss-reactive ketones (excluding diaryl/α,β-unsaturated/α-hetero) is 1. The quantitative estimate of drug-likeness (QED) is 0.609. The summed E-state index contributed by atoms with van der Waals surface area (Å²) in [6.07, 6.45) is 6.65. The third-order valence-electron chi connectivity index (χ3n) is 2.63. The fraction of sp³-hybridized carbons (Fsp3) is 0.533. The first-order chi connectivity index (χ1) is 8.82. The van der Waals surface area contributed by atoms with Crippen molar-refractivity contribution < 1.29 is 13.2 Å². The first-order valence-electron chi connectivity index (χ1n) is 6.64. The minimum Gasteiger partial charge on any atom is -0.295 e. The van der Waals surface area contributed by atoms with E-state index < -0.39 is 9.84 Å². The molecule has 0 radical (unpaired) electrons. The minimum atomic E-state index is -3.21. The number of sulfone groups is 1. The van der Waals surface area contributed by atoms with Crippen LogP contribution in [0.4, 0.5) is 0 Å². The van der Waals surface area contributed by atoms with E-state index in [0.717, 1.165) is 6.26 Å². The highest BCUT2D eigenvalue weighted by molar-refractivity contribution is 7.90. The zero-order chi connectivity index (χ0) is 14.9. The third-order valence-corrected chi connectivity index (χ3v) is 3.74. The molecule has 4 heteroatoms. The van der Waals surface area contributed by atoms with Crippen LogP contribution in [0.3, 0.4) is 0 Å². The van der Waals surface area contributed by atoms with Crippen LogP contribution >= 0.6 is 0 Å². The summed E-state index contributed by atoms with van der Waals surface area (Å²) in [4.78, 5) is 11.1. The molecule has 3 nitrogen and oxygen atoms in total. The molecule has 0 bridgehead atoms. The average Bonchev–Trinajstić information content (AvgIpc) is 2.36. The molecule has 0 N–H and O–H groups in total. The van der Waals surface area contributed by atoms with E-state index >= 15 is 0 Å². The molecule has 0 unspecified atom stereocenters. The number of rotatable bonds is 5. The molecular formula is C15H24O3S. The Morgan fingerprint density at radius 1 is 1.11 bits per heavy atom. The van der Waals surface area contributed by atoms with Gasteiger partial charge in [0.2, 0.25) is 0 Å². The van der Waals surface area contributed by atoms with Crippen LogP contribution in [0.15, 0.2) is 29.2 Å². The highest BCUT2D eigenvalue weighted by Crippen LogP contribution is 2.11. The topological polar surface area (TPSA) is 51.2 Å². The molecule has 0 amide bonds. The lowest BCUT2D eigenvalue weighted by atomic mass is 10.2. The van der Waals surface area contributed by atoms with Crippen molar-refractivity contribution in [1.29, 1.82) is 0 Å². The van der Waals surface area contributed by atoms with E-state index in [-0.39, 0.29) is 10.7 Å². The molecule has 1 rings (SSSR count). The van der Waals surface area contributed by atoms with Crippen LogP contribution in [0.5, 0.6) is 0 Å². The van der Waals surface area contributed by atoms with E-state index in [9.17, 15) is 13.2 Å². The Hall–Kier alpha value is -1.16. The maximum Gasteiger partial charge on any atom is 0.175 e. The lowest BCUT2D eigenvalue weighted by Crippen LogP contribution is -1.99. The number of unbranched alkanes of at least 4 members (excludes halogenated alkanes) is 3. The first kappa shape index (κ1) is 17.8. The van der Waals surface area contributed by atoms with E-state index in [1.54, 1.807) is 12.1 Å². The van der Waals surface area contributed by atoms with E-state index in [2.05, 4.69) is 13.8 Å². The SMILES string of the molecule is CC(=O)c1cccc(S(C)(=O)=O)c1.CCCCCC. The fourth-order valence-electron chi connectivity index (χ4n) is 1.45. The zero-order valence-corrected chi connectivity index (χ0v) is 13.1. The Morgan fingerprint density at radius 3 is 2.00 bits per heavy atom. The molecule has 0 spiro atoms. The van der Waals surface area contributed by atoms with Gasteiger partial charge in [-0.3, -0.25) is 4.79 Å². The Morgan fingerprint density at radius 2 is 1.63 bits per heavy atom. The van der Waals surface area contributed by atoms with Crippen LogP contribution < -0.4 is 0 Å². The van der Waals surface area contributed by atoms with Crippen molar-refractivity contribution >= 4 is 15.6 Å². The Labute approximate surface area is 117 Å². The molecule has 19 heavy (non-hydrogen) atoms. The average molecular weight is 284 g/mol. The lowest BCUT2D eigenvalue weighted by molar-refractivity contribution is 0.101. The van der Waals surface area contributed by atoms with Gasteiger partial charge in [-0.25, -0.2) is 8.42 Å². The highest BCUT2D eigenvalue weighted by atomic mass is 32.2. The van der Waals surface area contributed by atoms with E-state index in [1.165, 1.54) is 44.7 Å². The van der Waals surface area contributed by atoms with Gasteiger partial charge in [-0.15, -0.1) is 0 Å². The molecule has 0 aromatic heterocycles. The van der Waals surface area contributed by atoms with Gasteiger partial charge in [0, 0.05) is 11.8 Å². The van der Waals surface area contributed by atoms with Gasteiger partial charge in [0.05, 0.1) is 4.90 Å². The van der Waals surface area contributed by atoms with Gasteiger partial charge in [0.25, 0.3) is 0 Å². The Bertz CT molecular complexity index is 486. The predicted octanol–water partition coefficient (Wildman–Crippen LogP) is 3.88. The van der Waals surface area contributed by atoms with Gasteiger partial charge >= 0.3 is 0 Å². The molecule has 1 aromatic carbocycles. The van der Waals surface area contributed by atoms with Crippen molar-refractivity contribution in [2.24, 2.45) is 0 Å². The summed E-state index contributed by atoms with van der Waals surface area (Å²) in [5.74, 6) is -0.134. The molecule has 0 fully saturated rings. The molecule has 0 saturated carbocycles. The maximum absolute atomic E-state index is 11.1. The molecule has 0 atom stereocenters. The second kappa shape index (κ2) is 8.86. The van der Waals surface area contributed by atoms with Gasteiger partial charge in [-0.2, -0.15) is 0 Å². The monoisotopic (exact) mass is 284 g/mol. The molecule has 0 aliphatic rings. The molecular weight excluding hydrogens is 260 g/mol. The number of carbonyl (C=O) groups excluding carboxylic acids is 1. The molecule has 1 aromatic rings. The van der Waals surface area contributed by atoms with Crippen molar-refractivity contribution in [3.05, 3.63) is 29.8 Å². The van der Waals surface area contributed by atoms with Crippen LogP contribution in [-0.2, 0) is 9.84 Å². The normalized spacial score (nSPS) is 10.5. The Balaban J connectivity index is 0.000000459. The first-order valence-corrected chi connectivity index (χ1v) is 8.53. The number of ketones is 1. The largest absolute Gasteiger partial charge is 0.295 e. The van der Waals surface area contributed by atoms with E-state index in [0.29, 0.717) is 5.56 Å². The van der Waals surface area contributed by atoms with Crippen LogP contribution in [0, 0.1) is 0 Å². The lowest BCUT2D eigenvalue weighted by Gasteiger charge is -1.99. The Kier molecular flexibility index (Phi) is 8.32. The maximum atomic E-state index is 11.1. The molecule has 108 valence electrons. The van der Waals surface area contributed by atoms with Crippen molar-refractivity contribution in [3.8, 4) is 0 Å². The zero-order valence-electron chi connectivity index (χ0n) is 12.3. The summed E-state index contributed by atoms with van der Waals surface area (Å²) < 4.78 is 22.2. The standard InChI is InChI=1S/C9H10O3S.C6H14/c1-7(10)8-4-3-5-9(6-8)13(2,11)12;1-3-5-6-4-2/h3-6H,1-2H3;3-6H2,1-2H3. The van der Waals surface area contributed by atoms with Gasteiger partial charge in [0.15, 0.2) is 15.6 Å². The van der Waals surface area contributed by atoms with Gasteiger partial charge in [-0.1, -0.05) is 51.7 Å². The van der Waals surface area contributed by atoms with E-state index in [4.69, 9.17) is 0 Å². The van der Waals surface area contributed by atoms with Crippen molar-refractivity contribution in [3.63, 3.8) is 0 Å². The van der Waals surface area contributed by atoms with Gasteiger partial charge in [0.1, 0.15) is 0 Å². The summed E-state index contributed by atoms with van der Waals surface area (Å²) in [5.41, 5.74) is 0.419. The van der Waals surface area contributed by atoms with Crippen LogP contribution in [0.25, 0.3) is 0 Å². The van der Waals surface area contributed by atoms with Gasteiger partial charge in [-0.05, 0) is 19.1 Å². The van der Waals surface area contributed by atoms with Crippen molar-refractivity contribution in [2.45, 2.75) is 51.3 Å². The van der Waals surface area contributed by atoms with Gasteiger partial charge < -0.3 is 0 Å². The molecule has 0 aliphatic carbocycles. The summed E-state index contributed by atoms with van der Waals surface area (Å²) in [7, 11) is -3.21. The fourth-order valence-corrected chi connectivity index (χ4v) is 2.11. The second-order valence-corrected chi connectivity index (χ2v) is 6.58. The number of carbonyl (C=O) groups is 1. The summed E-state index contributed by atoms with van der Waals surface area (Å²) in [6.45, 7) is 5.87. The molecule has 0 saturated heterocycles. The van der Waals surface area contributed by atoms with Crippen LogP contribution in [0.2, 0.25) is 0 Å². The van der Waals surface area contributed by atoms with Crippen LogP contribution in [-0.4, -0.2) is 20.5 Å². The van der Waals surface area contributed by atoms with Crippen molar-refractivity contribution in [2.75, 3.05) is 6.26 Å². The smallest absolute Gasteiger partial charge is 0.175 e. The number of hydrogen-bond acceptors (Lipinski definition) is 3. The molecule has 0 aliphatic heterocycles. The molecule has 0 heterocycles. The van der Waals surface area contributed by atoms with Crippen molar-refractivity contribution in [1.82, 2.24) is 0 Å². The number of benzene rings is 1. The highest BCUT2D eigenvalue weighted by Gasteiger charge is 2.08. The summed E-state index contributed by atoms with van der Waals surface area (Å²) in [5, 5.41) is 0. The van der Waals surface area contributed by atoms with Crippen LogP contribution in [0.1, 0.15) is 56.8 Å². The minimum absolute atomic E-state index is 0.134. The van der Waals surface area contributed by atoms with E-state index in [1.807, 2.05) is 0 Å². The summed E-state index contributed by atoms with van der Waals surface area (Å²) >= 11 is 0. The second-order valence-electron chi connectivity index (χ2n) is 4.56. The number of hydrogen-bond donors (Lipinski definition) is 0. The predicted molar refractivity (Wildman–Crippen MR) is 79.4 cm³/mol. The summed E-state index contributed by atoms with van der Waals surface area (Å²) in [6, 6.07) is 6.02. The third kappa shape index (κ3) is 7.78.